The number of aryl methyl sites for hydroxylation is 1. The number of carbonyl (C=O) groups is 1. The van der Waals surface area contributed by atoms with E-state index in [1.165, 1.54) is 7.11 Å². The number of ether oxygens (including phenoxy) is 1. The highest BCUT2D eigenvalue weighted by atomic mass is 79.9. The maximum Gasteiger partial charge on any atom is 0.178 e. The molecule has 0 aliphatic heterocycles. The van der Waals surface area contributed by atoms with Crippen molar-refractivity contribution in [2.45, 2.75) is 6.92 Å². The van der Waals surface area contributed by atoms with Gasteiger partial charge in [-0.2, -0.15) is 5.26 Å². The lowest BCUT2D eigenvalue weighted by Gasteiger charge is -2.09. The summed E-state index contributed by atoms with van der Waals surface area (Å²) < 4.78 is 5.07. The van der Waals surface area contributed by atoms with E-state index in [-0.39, 0.29) is 11.1 Å². The number of nitriles is 1. The van der Waals surface area contributed by atoms with E-state index in [9.17, 15) is 4.79 Å². The summed E-state index contributed by atoms with van der Waals surface area (Å²) in [5, 5.41) is 9.17. The molecule has 0 radical (unpaired) electrons. The smallest absolute Gasteiger partial charge is 0.178 e. The quantitative estimate of drug-likeness (QED) is 0.625. The zero-order valence-corrected chi connectivity index (χ0v) is 10.1. The molecule has 0 heterocycles. The molecule has 0 amide bonds. The molecule has 78 valence electrons. The minimum Gasteiger partial charge on any atom is -0.496 e. The van der Waals surface area contributed by atoms with Gasteiger partial charge >= 0.3 is 0 Å². The van der Waals surface area contributed by atoms with Crippen LogP contribution in [0.5, 0.6) is 5.75 Å². The van der Waals surface area contributed by atoms with Gasteiger partial charge in [0.2, 0.25) is 0 Å². The molecule has 0 saturated heterocycles. The van der Waals surface area contributed by atoms with Gasteiger partial charge < -0.3 is 4.74 Å². The Kier molecular flexibility index (Phi) is 3.87. The zero-order chi connectivity index (χ0) is 11.4. The van der Waals surface area contributed by atoms with Crippen molar-refractivity contribution in [3.8, 4) is 11.8 Å². The largest absolute Gasteiger partial charge is 0.496 e. The van der Waals surface area contributed by atoms with Crippen molar-refractivity contribution < 1.29 is 9.53 Å². The molecule has 0 atom stereocenters. The summed E-state index contributed by atoms with van der Waals surface area (Å²) in [6, 6.07) is 5.50. The maximum atomic E-state index is 11.6. The second-order valence-corrected chi connectivity index (χ2v) is 3.56. The molecule has 0 N–H and O–H groups in total. The van der Waals surface area contributed by atoms with Crippen LogP contribution < -0.4 is 4.74 Å². The Balaban J connectivity index is 3.49. The Bertz CT molecular complexity index is 435. The minimum absolute atomic E-state index is 0.146. The Morgan fingerprint density at radius 1 is 1.60 bits per heavy atom. The first kappa shape index (κ1) is 11.7. The molecule has 1 aromatic rings. The first-order chi connectivity index (χ1) is 7.15. The Hall–Kier alpha value is -1.34. The lowest BCUT2D eigenvalue weighted by molar-refractivity contribution is 0.102. The van der Waals surface area contributed by atoms with Gasteiger partial charge in [0.25, 0.3) is 0 Å². The van der Waals surface area contributed by atoms with Gasteiger partial charge in [0.15, 0.2) is 5.78 Å². The average Bonchev–Trinajstić information content (AvgIpc) is 2.27. The minimum atomic E-state index is -0.146. The number of rotatable bonds is 3. The molecule has 0 fully saturated rings. The molecule has 0 aliphatic carbocycles. The van der Waals surface area contributed by atoms with Crippen LogP contribution in [0, 0.1) is 18.3 Å². The number of hydrogen-bond donors (Lipinski definition) is 0. The summed E-state index contributed by atoms with van der Waals surface area (Å²) in [5.41, 5.74) is 1.53. The van der Waals surface area contributed by atoms with Gasteiger partial charge in [-0.05, 0) is 18.6 Å². The summed E-state index contributed by atoms with van der Waals surface area (Å²) in [5.74, 6) is 0.300. The van der Waals surface area contributed by atoms with Crippen LogP contribution in [0.1, 0.15) is 21.5 Å². The highest BCUT2D eigenvalue weighted by molar-refractivity contribution is 9.09. The number of ketones is 1. The Morgan fingerprint density at radius 3 is 2.73 bits per heavy atom. The molecule has 0 bridgehead atoms. The van der Waals surface area contributed by atoms with Crippen LogP contribution >= 0.6 is 15.9 Å². The molecular weight excluding hydrogens is 258 g/mol. The van der Waals surface area contributed by atoms with Crippen LogP contribution in [0.15, 0.2) is 12.1 Å². The summed E-state index contributed by atoms with van der Waals surface area (Å²) in [6.07, 6.45) is 0. The van der Waals surface area contributed by atoms with Gasteiger partial charge in [-0.25, -0.2) is 0 Å². The lowest BCUT2D eigenvalue weighted by Crippen LogP contribution is -2.07. The van der Waals surface area contributed by atoms with Crippen molar-refractivity contribution in [1.29, 1.82) is 5.26 Å². The van der Waals surface area contributed by atoms with E-state index in [1.807, 2.05) is 6.07 Å². The summed E-state index contributed by atoms with van der Waals surface area (Å²) in [6.45, 7) is 1.79. The van der Waals surface area contributed by atoms with Crippen molar-refractivity contribution in [1.82, 2.24) is 0 Å². The molecule has 0 aromatic heterocycles. The molecule has 0 unspecified atom stereocenters. The summed E-state index contributed by atoms with van der Waals surface area (Å²) >= 11 is 3.09. The lowest BCUT2D eigenvalue weighted by atomic mass is 9.99. The standard InChI is InChI=1S/C11H10BrNO2/c1-7-3-4-10(15-2)11(8(7)6-13)9(14)5-12/h3-4H,5H2,1-2H3. The molecule has 1 aromatic carbocycles. The summed E-state index contributed by atoms with van der Waals surface area (Å²) in [4.78, 5) is 11.6. The zero-order valence-electron chi connectivity index (χ0n) is 8.50. The fraction of sp³-hybridized carbons (Fsp3) is 0.273. The SMILES string of the molecule is COc1ccc(C)c(C#N)c1C(=O)CBr. The topological polar surface area (TPSA) is 50.1 Å². The number of benzene rings is 1. The van der Waals surface area contributed by atoms with E-state index >= 15 is 0 Å². The predicted molar refractivity (Wildman–Crippen MR) is 60.6 cm³/mol. The highest BCUT2D eigenvalue weighted by Gasteiger charge is 2.17. The normalized spacial score (nSPS) is 9.47. The number of methoxy groups -OCH3 is 1. The van der Waals surface area contributed by atoms with Crippen LogP contribution in [0.25, 0.3) is 0 Å². The number of alkyl halides is 1. The molecule has 3 nitrogen and oxygen atoms in total. The molecule has 4 heteroatoms. The molecular formula is C11H10BrNO2. The molecule has 0 saturated carbocycles. The third kappa shape index (κ3) is 2.18. The third-order valence-electron chi connectivity index (χ3n) is 2.11. The fourth-order valence-electron chi connectivity index (χ4n) is 1.35. The molecule has 0 aliphatic rings. The highest BCUT2D eigenvalue weighted by Crippen LogP contribution is 2.25. The van der Waals surface area contributed by atoms with Gasteiger partial charge in [0.1, 0.15) is 11.8 Å². The number of halogens is 1. The second-order valence-electron chi connectivity index (χ2n) is 3.00. The van der Waals surface area contributed by atoms with Crippen LogP contribution in [0.3, 0.4) is 0 Å². The predicted octanol–water partition coefficient (Wildman–Crippen LogP) is 2.45. The number of Topliss-reactive ketones (excluding diaryl/α,β-unsaturated/α-hetero) is 1. The number of hydrogen-bond acceptors (Lipinski definition) is 3. The van der Waals surface area contributed by atoms with Gasteiger partial charge in [-0.1, -0.05) is 22.0 Å². The fourth-order valence-corrected chi connectivity index (χ4v) is 1.63. The monoisotopic (exact) mass is 267 g/mol. The first-order valence-corrected chi connectivity index (χ1v) is 5.44. The van der Waals surface area contributed by atoms with Crippen molar-refractivity contribution in [3.63, 3.8) is 0 Å². The Labute approximate surface area is 96.8 Å². The van der Waals surface area contributed by atoms with Gasteiger partial charge in [0.05, 0.1) is 23.6 Å². The molecule has 15 heavy (non-hydrogen) atoms. The van der Waals surface area contributed by atoms with E-state index in [4.69, 9.17) is 10.00 Å². The molecule has 0 spiro atoms. The van der Waals surface area contributed by atoms with Crippen molar-refractivity contribution in [3.05, 3.63) is 28.8 Å². The molecule has 1 rings (SSSR count). The number of carbonyl (C=O) groups excluding carboxylic acids is 1. The van der Waals surface area contributed by atoms with Crippen molar-refractivity contribution >= 4 is 21.7 Å². The van der Waals surface area contributed by atoms with Gasteiger partial charge in [-0.15, -0.1) is 0 Å². The van der Waals surface area contributed by atoms with E-state index in [0.717, 1.165) is 5.56 Å². The van der Waals surface area contributed by atoms with Crippen LogP contribution in [0.2, 0.25) is 0 Å². The van der Waals surface area contributed by atoms with Crippen LogP contribution in [0.4, 0.5) is 0 Å². The van der Waals surface area contributed by atoms with Crippen molar-refractivity contribution in [2.24, 2.45) is 0 Å². The maximum absolute atomic E-state index is 11.6. The third-order valence-corrected chi connectivity index (χ3v) is 2.62. The summed E-state index contributed by atoms with van der Waals surface area (Å²) in [7, 11) is 1.48. The second kappa shape index (κ2) is 4.94. The van der Waals surface area contributed by atoms with Crippen molar-refractivity contribution in [2.75, 3.05) is 12.4 Å². The number of nitrogens with zero attached hydrogens (tertiary/aromatic N) is 1. The first-order valence-electron chi connectivity index (χ1n) is 4.32. The van der Waals surface area contributed by atoms with E-state index < -0.39 is 0 Å². The van der Waals surface area contributed by atoms with Gasteiger partial charge in [-0.3, -0.25) is 4.79 Å². The van der Waals surface area contributed by atoms with E-state index in [1.54, 1.807) is 19.1 Å². The average molecular weight is 268 g/mol. The van der Waals surface area contributed by atoms with Crippen LogP contribution in [-0.2, 0) is 0 Å². The van der Waals surface area contributed by atoms with Gasteiger partial charge in [0, 0.05) is 0 Å². The van der Waals surface area contributed by atoms with Crippen LogP contribution in [-0.4, -0.2) is 18.2 Å². The van der Waals surface area contributed by atoms with E-state index in [2.05, 4.69) is 15.9 Å². The Morgan fingerprint density at radius 2 is 2.27 bits per heavy atom. The van der Waals surface area contributed by atoms with E-state index in [0.29, 0.717) is 16.9 Å².